The lowest BCUT2D eigenvalue weighted by molar-refractivity contribution is 0.0948. The maximum Gasteiger partial charge on any atom is 0.251 e. The molecule has 0 aromatic heterocycles. The highest BCUT2D eigenvalue weighted by Crippen LogP contribution is 2.09. The van der Waals surface area contributed by atoms with Gasteiger partial charge in [0.05, 0.1) is 0 Å². The van der Waals surface area contributed by atoms with E-state index in [2.05, 4.69) is 19.2 Å². The summed E-state index contributed by atoms with van der Waals surface area (Å²) in [6, 6.07) is 7.84. The molecule has 3 heteroatoms. The second-order valence-electron chi connectivity index (χ2n) is 5.35. The highest BCUT2D eigenvalue weighted by atomic mass is 16.1. The van der Waals surface area contributed by atoms with Crippen LogP contribution >= 0.6 is 0 Å². The first kappa shape index (κ1) is 14.7. The molecule has 0 heterocycles. The number of carbonyl (C=O) groups is 1. The molecule has 18 heavy (non-hydrogen) atoms. The molecule has 1 unspecified atom stereocenters. The van der Waals surface area contributed by atoms with Crippen LogP contribution in [0.5, 0.6) is 0 Å². The monoisotopic (exact) mass is 248 g/mol. The van der Waals surface area contributed by atoms with Crippen molar-refractivity contribution in [2.45, 2.75) is 27.2 Å². The smallest absolute Gasteiger partial charge is 0.251 e. The molecule has 0 aliphatic carbocycles. The minimum atomic E-state index is -0.0219. The van der Waals surface area contributed by atoms with Gasteiger partial charge in [-0.2, -0.15) is 0 Å². The van der Waals surface area contributed by atoms with Crippen molar-refractivity contribution < 1.29 is 4.79 Å². The van der Waals surface area contributed by atoms with Gasteiger partial charge in [0, 0.05) is 12.1 Å². The molecule has 0 saturated carbocycles. The van der Waals surface area contributed by atoms with Crippen molar-refractivity contribution in [1.82, 2.24) is 5.32 Å². The molecule has 3 N–H and O–H groups in total. The molecular weight excluding hydrogens is 224 g/mol. The van der Waals surface area contributed by atoms with Crippen LogP contribution in [-0.4, -0.2) is 19.0 Å². The van der Waals surface area contributed by atoms with E-state index in [0.717, 1.165) is 6.42 Å². The van der Waals surface area contributed by atoms with Crippen LogP contribution in [-0.2, 0) is 6.42 Å². The van der Waals surface area contributed by atoms with E-state index in [9.17, 15) is 4.79 Å². The molecular formula is C15H24N2O. The third-order valence-corrected chi connectivity index (χ3v) is 2.87. The molecule has 1 amide bonds. The Morgan fingerprint density at radius 3 is 2.33 bits per heavy atom. The van der Waals surface area contributed by atoms with Crippen molar-refractivity contribution in [3.63, 3.8) is 0 Å². The summed E-state index contributed by atoms with van der Waals surface area (Å²) >= 11 is 0. The minimum absolute atomic E-state index is 0.0219. The number of hydrogen-bond donors (Lipinski definition) is 2. The molecule has 0 saturated heterocycles. The van der Waals surface area contributed by atoms with E-state index in [1.807, 2.05) is 31.2 Å². The highest BCUT2D eigenvalue weighted by Gasteiger charge is 2.07. The molecule has 0 spiro atoms. The van der Waals surface area contributed by atoms with Crippen LogP contribution in [0, 0.1) is 11.8 Å². The van der Waals surface area contributed by atoms with Crippen molar-refractivity contribution in [3.8, 4) is 0 Å². The van der Waals surface area contributed by atoms with E-state index in [4.69, 9.17) is 5.73 Å². The number of benzene rings is 1. The topological polar surface area (TPSA) is 55.1 Å². The average molecular weight is 248 g/mol. The maximum absolute atomic E-state index is 11.8. The predicted molar refractivity (Wildman–Crippen MR) is 75.5 cm³/mol. The van der Waals surface area contributed by atoms with E-state index < -0.39 is 0 Å². The Morgan fingerprint density at radius 2 is 1.83 bits per heavy atom. The van der Waals surface area contributed by atoms with Crippen LogP contribution in [0.4, 0.5) is 0 Å². The Labute approximate surface area is 110 Å². The lowest BCUT2D eigenvalue weighted by Gasteiger charge is -2.10. The Morgan fingerprint density at radius 1 is 1.22 bits per heavy atom. The van der Waals surface area contributed by atoms with E-state index in [1.54, 1.807) is 0 Å². The maximum atomic E-state index is 11.8. The zero-order valence-corrected chi connectivity index (χ0v) is 11.6. The lowest BCUT2D eigenvalue weighted by atomic mass is 10.0. The second kappa shape index (κ2) is 7.17. The van der Waals surface area contributed by atoms with Gasteiger partial charge < -0.3 is 11.1 Å². The van der Waals surface area contributed by atoms with Gasteiger partial charge in [-0.1, -0.05) is 32.9 Å². The van der Waals surface area contributed by atoms with Crippen molar-refractivity contribution in [2.75, 3.05) is 13.1 Å². The first-order valence-electron chi connectivity index (χ1n) is 6.60. The molecule has 0 radical (unpaired) electrons. The normalized spacial score (nSPS) is 12.5. The lowest BCUT2D eigenvalue weighted by Crippen LogP contribution is -2.31. The number of hydrogen-bond acceptors (Lipinski definition) is 2. The first-order chi connectivity index (χ1) is 8.52. The van der Waals surface area contributed by atoms with E-state index >= 15 is 0 Å². The Kier molecular flexibility index (Phi) is 5.86. The summed E-state index contributed by atoms with van der Waals surface area (Å²) in [4.78, 5) is 11.8. The summed E-state index contributed by atoms with van der Waals surface area (Å²) in [5, 5.41) is 2.89. The van der Waals surface area contributed by atoms with Gasteiger partial charge in [0.15, 0.2) is 0 Å². The molecule has 0 aliphatic heterocycles. The largest absolute Gasteiger partial charge is 0.352 e. The number of amides is 1. The quantitative estimate of drug-likeness (QED) is 0.811. The van der Waals surface area contributed by atoms with Gasteiger partial charge in [0.25, 0.3) is 5.91 Å². The van der Waals surface area contributed by atoms with E-state index in [-0.39, 0.29) is 5.91 Å². The van der Waals surface area contributed by atoms with Crippen LogP contribution in [0.15, 0.2) is 24.3 Å². The fourth-order valence-electron chi connectivity index (χ4n) is 1.72. The molecule has 0 fully saturated rings. The van der Waals surface area contributed by atoms with Crippen molar-refractivity contribution >= 4 is 5.91 Å². The summed E-state index contributed by atoms with van der Waals surface area (Å²) in [5.74, 6) is 0.927. The minimum Gasteiger partial charge on any atom is -0.352 e. The first-order valence-corrected chi connectivity index (χ1v) is 6.60. The summed E-state index contributed by atoms with van der Waals surface area (Å²) in [7, 11) is 0. The third-order valence-electron chi connectivity index (χ3n) is 2.87. The molecule has 1 aromatic rings. The van der Waals surface area contributed by atoms with Crippen LogP contribution < -0.4 is 11.1 Å². The van der Waals surface area contributed by atoms with Crippen molar-refractivity contribution in [1.29, 1.82) is 0 Å². The molecule has 100 valence electrons. The summed E-state index contributed by atoms with van der Waals surface area (Å²) < 4.78 is 0. The Hall–Kier alpha value is -1.35. The fourth-order valence-corrected chi connectivity index (χ4v) is 1.72. The summed E-state index contributed by atoms with van der Waals surface area (Å²) in [6.45, 7) is 7.62. The van der Waals surface area contributed by atoms with Gasteiger partial charge in [0.1, 0.15) is 0 Å². The zero-order valence-electron chi connectivity index (χ0n) is 11.6. The SMILES string of the molecule is CC(C)Cc1ccc(C(=O)NCC(C)CN)cc1. The van der Waals surface area contributed by atoms with Crippen molar-refractivity contribution in [3.05, 3.63) is 35.4 Å². The van der Waals surface area contributed by atoms with Gasteiger partial charge >= 0.3 is 0 Å². The summed E-state index contributed by atoms with van der Waals surface area (Å²) in [6.07, 6.45) is 1.05. The third kappa shape index (κ3) is 4.88. The number of carbonyl (C=O) groups excluding carboxylic acids is 1. The van der Waals surface area contributed by atoms with Gasteiger partial charge in [-0.3, -0.25) is 4.79 Å². The molecule has 3 nitrogen and oxygen atoms in total. The van der Waals surface area contributed by atoms with Crippen LogP contribution in [0.1, 0.15) is 36.7 Å². The van der Waals surface area contributed by atoms with E-state index in [0.29, 0.717) is 30.5 Å². The molecule has 1 atom stereocenters. The standard InChI is InChI=1S/C15H24N2O/c1-11(2)8-13-4-6-14(7-5-13)15(18)17-10-12(3)9-16/h4-7,11-12H,8-10,16H2,1-3H3,(H,17,18). The molecule has 0 bridgehead atoms. The fraction of sp³-hybridized carbons (Fsp3) is 0.533. The number of rotatable bonds is 6. The highest BCUT2D eigenvalue weighted by molar-refractivity contribution is 5.94. The van der Waals surface area contributed by atoms with Crippen LogP contribution in [0.2, 0.25) is 0 Å². The Balaban J connectivity index is 2.53. The molecule has 1 aromatic carbocycles. The van der Waals surface area contributed by atoms with Crippen molar-refractivity contribution in [2.24, 2.45) is 17.6 Å². The van der Waals surface area contributed by atoms with Crippen LogP contribution in [0.25, 0.3) is 0 Å². The molecule has 1 rings (SSSR count). The predicted octanol–water partition coefficient (Wildman–Crippen LogP) is 2.21. The summed E-state index contributed by atoms with van der Waals surface area (Å²) in [5.41, 5.74) is 7.50. The second-order valence-corrected chi connectivity index (χ2v) is 5.35. The number of nitrogens with one attached hydrogen (secondary N) is 1. The van der Waals surface area contributed by atoms with Gasteiger partial charge in [-0.25, -0.2) is 0 Å². The van der Waals surface area contributed by atoms with Crippen LogP contribution in [0.3, 0.4) is 0 Å². The van der Waals surface area contributed by atoms with Gasteiger partial charge in [-0.15, -0.1) is 0 Å². The average Bonchev–Trinajstić information content (AvgIpc) is 2.35. The van der Waals surface area contributed by atoms with E-state index in [1.165, 1.54) is 5.56 Å². The van der Waals surface area contributed by atoms with Gasteiger partial charge in [-0.05, 0) is 42.5 Å². The number of nitrogens with two attached hydrogens (primary N) is 1. The Bertz CT molecular complexity index is 371. The molecule has 0 aliphatic rings. The van der Waals surface area contributed by atoms with Gasteiger partial charge in [0.2, 0.25) is 0 Å². The zero-order chi connectivity index (χ0) is 13.5.